The van der Waals surface area contributed by atoms with Crippen molar-refractivity contribution in [2.45, 2.75) is 26.8 Å². The SMILES string of the molecule is CCOC(=O)C1=C(C)N=c2s/c(=C\c3ccc(OC)c4ccccc34)c(=O)n2[C@@H]1c1ccccc1OCC. The second-order valence-electron chi connectivity index (χ2n) is 8.68. The van der Waals surface area contributed by atoms with Crippen LogP contribution in [-0.2, 0) is 9.53 Å². The highest BCUT2D eigenvalue weighted by molar-refractivity contribution is 7.07. The van der Waals surface area contributed by atoms with E-state index in [0.29, 0.717) is 38.5 Å². The molecule has 0 saturated carbocycles. The largest absolute Gasteiger partial charge is 0.496 e. The molecule has 0 amide bonds. The Morgan fingerprint density at radius 3 is 2.47 bits per heavy atom. The van der Waals surface area contributed by atoms with Crippen LogP contribution in [-0.4, -0.2) is 30.9 Å². The van der Waals surface area contributed by atoms with Crippen molar-refractivity contribution >= 4 is 34.2 Å². The molecular formula is C30H28N2O5S. The van der Waals surface area contributed by atoms with Crippen molar-refractivity contribution in [3.8, 4) is 11.5 Å². The third-order valence-electron chi connectivity index (χ3n) is 6.45. The fraction of sp³-hybridized carbons (Fsp3) is 0.233. The van der Waals surface area contributed by atoms with Gasteiger partial charge in [0, 0.05) is 10.9 Å². The fourth-order valence-corrected chi connectivity index (χ4v) is 5.86. The number of methoxy groups -OCH3 is 1. The molecule has 1 atom stereocenters. The Morgan fingerprint density at radius 1 is 1.00 bits per heavy atom. The van der Waals surface area contributed by atoms with E-state index in [1.54, 1.807) is 25.5 Å². The Hall–Kier alpha value is -4.17. The van der Waals surface area contributed by atoms with Gasteiger partial charge in [0.1, 0.15) is 17.5 Å². The maximum Gasteiger partial charge on any atom is 0.338 e. The van der Waals surface area contributed by atoms with Gasteiger partial charge in [-0.25, -0.2) is 9.79 Å². The highest BCUT2D eigenvalue weighted by atomic mass is 32.1. The van der Waals surface area contributed by atoms with E-state index in [1.807, 2.05) is 73.7 Å². The van der Waals surface area contributed by atoms with Crippen LogP contribution in [0.3, 0.4) is 0 Å². The zero-order chi connectivity index (χ0) is 26.8. The predicted octanol–water partition coefficient (Wildman–Crippen LogP) is 4.36. The third kappa shape index (κ3) is 4.41. The average Bonchev–Trinajstić information content (AvgIpc) is 3.23. The number of rotatable bonds is 7. The molecule has 1 aliphatic rings. The lowest BCUT2D eigenvalue weighted by molar-refractivity contribution is -0.139. The lowest BCUT2D eigenvalue weighted by Crippen LogP contribution is -2.40. The number of carbonyl (C=O) groups is 1. The summed E-state index contributed by atoms with van der Waals surface area (Å²) in [5, 5.41) is 1.93. The molecular weight excluding hydrogens is 500 g/mol. The quantitative estimate of drug-likeness (QED) is 0.333. The monoisotopic (exact) mass is 528 g/mol. The number of para-hydroxylation sites is 1. The van der Waals surface area contributed by atoms with Crippen molar-refractivity contribution < 1.29 is 19.0 Å². The number of aromatic nitrogens is 1. The van der Waals surface area contributed by atoms with E-state index in [2.05, 4.69) is 4.99 Å². The summed E-state index contributed by atoms with van der Waals surface area (Å²) >= 11 is 1.29. The first-order valence-corrected chi connectivity index (χ1v) is 13.3. The lowest BCUT2D eigenvalue weighted by Gasteiger charge is -2.26. The van der Waals surface area contributed by atoms with Gasteiger partial charge in [0.2, 0.25) is 0 Å². The number of hydrogen-bond acceptors (Lipinski definition) is 7. The van der Waals surface area contributed by atoms with Crippen molar-refractivity contribution in [2.75, 3.05) is 20.3 Å². The lowest BCUT2D eigenvalue weighted by atomic mass is 9.95. The number of hydrogen-bond donors (Lipinski definition) is 0. The van der Waals surface area contributed by atoms with Crippen LogP contribution >= 0.6 is 11.3 Å². The van der Waals surface area contributed by atoms with E-state index in [9.17, 15) is 9.59 Å². The van der Waals surface area contributed by atoms with Gasteiger partial charge in [0.25, 0.3) is 5.56 Å². The average molecular weight is 529 g/mol. The predicted molar refractivity (Wildman–Crippen MR) is 149 cm³/mol. The van der Waals surface area contributed by atoms with Crippen LogP contribution in [0.1, 0.15) is 37.9 Å². The van der Waals surface area contributed by atoms with E-state index in [1.165, 1.54) is 11.3 Å². The molecule has 0 aliphatic carbocycles. The van der Waals surface area contributed by atoms with Crippen LogP contribution in [0.4, 0.5) is 0 Å². The van der Waals surface area contributed by atoms with Gasteiger partial charge in [0.15, 0.2) is 4.80 Å². The Balaban J connectivity index is 1.77. The minimum Gasteiger partial charge on any atom is -0.496 e. The second-order valence-corrected chi connectivity index (χ2v) is 9.68. The zero-order valence-electron chi connectivity index (χ0n) is 21.7. The van der Waals surface area contributed by atoms with Gasteiger partial charge in [0.05, 0.1) is 36.1 Å². The summed E-state index contributed by atoms with van der Waals surface area (Å²) in [5.41, 5.74) is 2.20. The Bertz CT molecular complexity index is 1750. The number of allylic oxidation sites excluding steroid dienone is 1. The van der Waals surface area contributed by atoms with Crippen molar-refractivity contribution in [3.05, 3.63) is 103 Å². The first-order chi connectivity index (χ1) is 18.5. The van der Waals surface area contributed by atoms with E-state index >= 15 is 0 Å². The van der Waals surface area contributed by atoms with Crippen molar-refractivity contribution in [1.29, 1.82) is 0 Å². The number of ether oxygens (including phenoxy) is 3. The van der Waals surface area contributed by atoms with Gasteiger partial charge in [-0.05, 0) is 49.9 Å². The Labute approximate surface area is 223 Å². The smallest absolute Gasteiger partial charge is 0.338 e. The van der Waals surface area contributed by atoms with Crippen LogP contribution in [0.25, 0.3) is 16.8 Å². The Kier molecular flexibility index (Phi) is 7.15. The molecule has 0 unspecified atom stereocenters. The summed E-state index contributed by atoms with van der Waals surface area (Å²) in [4.78, 5) is 32.4. The number of fused-ring (bicyclic) bond motifs is 2. The molecule has 0 fully saturated rings. The molecule has 0 radical (unpaired) electrons. The number of carbonyl (C=O) groups excluding carboxylic acids is 1. The minimum absolute atomic E-state index is 0.213. The summed E-state index contributed by atoms with van der Waals surface area (Å²) in [6.07, 6.45) is 1.88. The molecule has 1 aromatic heterocycles. The van der Waals surface area contributed by atoms with E-state index in [4.69, 9.17) is 14.2 Å². The molecule has 38 heavy (non-hydrogen) atoms. The first-order valence-electron chi connectivity index (χ1n) is 12.5. The van der Waals surface area contributed by atoms with Gasteiger partial charge in [-0.15, -0.1) is 0 Å². The number of esters is 1. The topological polar surface area (TPSA) is 79.1 Å². The van der Waals surface area contributed by atoms with Crippen LogP contribution in [0, 0.1) is 0 Å². The highest BCUT2D eigenvalue weighted by Crippen LogP contribution is 2.36. The molecule has 7 nitrogen and oxygen atoms in total. The molecule has 1 aliphatic heterocycles. The normalized spacial score (nSPS) is 15.3. The standard InChI is InChI=1S/C30H28N2O5S/c1-5-36-24-14-10-9-13-22(24)27-26(29(34)37-6-2)18(3)31-30-32(27)28(33)25(38-30)17-19-15-16-23(35-4)21-12-8-7-11-20(19)21/h7-17,27H,5-6H2,1-4H3/b25-17-/t27-/m1/s1. The van der Waals surface area contributed by atoms with E-state index in [0.717, 1.165) is 22.1 Å². The van der Waals surface area contributed by atoms with Crippen molar-refractivity contribution in [3.63, 3.8) is 0 Å². The van der Waals surface area contributed by atoms with Gasteiger partial charge >= 0.3 is 5.97 Å². The molecule has 8 heteroatoms. The zero-order valence-corrected chi connectivity index (χ0v) is 22.5. The van der Waals surface area contributed by atoms with Crippen molar-refractivity contribution in [1.82, 2.24) is 4.57 Å². The molecule has 3 aromatic carbocycles. The molecule has 0 bridgehead atoms. The molecule has 0 spiro atoms. The summed E-state index contributed by atoms with van der Waals surface area (Å²) < 4.78 is 18.9. The summed E-state index contributed by atoms with van der Waals surface area (Å²) in [7, 11) is 1.64. The van der Waals surface area contributed by atoms with Gasteiger partial charge < -0.3 is 14.2 Å². The first kappa shape index (κ1) is 25.5. The summed E-state index contributed by atoms with van der Waals surface area (Å²) in [6.45, 7) is 6.08. The number of benzene rings is 3. The molecule has 0 saturated heterocycles. The maximum absolute atomic E-state index is 14.0. The van der Waals surface area contributed by atoms with Crippen molar-refractivity contribution in [2.24, 2.45) is 4.99 Å². The fourth-order valence-electron chi connectivity index (χ4n) is 4.82. The third-order valence-corrected chi connectivity index (χ3v) is 7.44. The minimum atomic E-state index is -0.734. The molecule has 4 aromatic rings. The molecule has 194 valence electrons. The van der Waals surface area contributed by atoms with Crippen LogP contribution in [0.2, 0.25) is 0 Å². The Morgan fingerprint density at radius 2 is 1.74 bits per heavy atom. The van der Waals surface area contributed by atoms with Gasteiger partial charge in [-0.2, -0.15) is 0 Å². The van der Waals surface area contributed by atoms with Gasteiger partial charge in [-0.1, -0.05) is 59.9 Å². The van der Waals surface area contributed by atoms with Gasteiger partial charge in [-0.3, -0.25) is 9.36 Å². The molecule has 5 rings (SSSR count). The van der Waals surface area contributed by atoms with Crippen LogP contribution in [0.5, 0.6) is 11.5 Å². The summed E-state index contributed by atoms with van der Waals surface area (Å²) in [6, 6.07) is 18.5. The van der Waals surface area contributed by atoms with E-state index in [-0.39, 0.29) is 12.2 Å². The van der Waals surface area contributed by atoms with E-state index < -0.39 is 12.0 Å². The summed E-state index contributed by atoms with van der Waals surface area (Å²) in [5.74, 6) is 0.870. The highest BCUT2D eigenvalue weighted by Gasteiger charge is 2.35. The molecule has 0 N–H and O–H groups in total. The maximum atomic E-state index is 14.0. The number of nitrogens with zero attached hydrogens (tertiary/aromatic N) is 2. The van der Waals surface area contributed by atoms with Crippen LogP contribution in [0.15, 0.2) is 81.7 Å². The second kappa shape index (κ2) is 10.7. The molecule has 2 heterocycles. The number of thiazole rings is 1. The van der Waals surface area contributed by atoms with Crippen LogP contribution < -0.4 is 24.4 Å².